The number of nitrogens with one attached hydrogen (secondary N) is 1. The Hall–Kier alpha value is -1.39. The molecule has 1 heterocycles. The lowest BCUT2D eigenvalue weighted by atomic mass is 9.99. The van der Waals surface area contributed by atoms with E-state index >= 15 is 0 Å². The van der Waals surface area contributed by atoms with Crippen molar-refractivity contribution in [1.29, 1.82) is 0 Å². The molecule has 0 aromatic heterocycles. The molecule has 0 aliphatic carbocycles. The van der Waals surface area contributed by atoms with Gasteiger partial charge in [0.1, 0.15) is 6.10 Å². The second-order valence-corrected chi connectivity index (χ2v) is 5.86. The Kier molecular flexibility index (Phi) is 6.21. The highest BCUT2D eigenvalue weighted by atomic mass is 16.6. The summed E-state index contributed by atoms with van der Waals surface area (Å²) in [5.41, 5.74) is 6.72. The van der Waals surface area contributed by atoms with E-state index in [0.717, 1.165) is 32.3 Å². The number of unbranched alkanes of at least 4 members (excludes halogenated alkanes) is 1. The molecule has 21 heavy (non-hydrogen) atoms. The van der Waals surface area contributed by atoms with Gasteiger partial charge in [-0.2, -0.15) is 0 Å². The van der Waals surface area contributed by atoms with Crippen molar-refractivity contribution >= 4 is 5.91 Å². The van der Waals surface area contributed by atoms with Crippen LogP contribution in [-0.2, 0) is 16.0 Å². The van der Waals surface area contributed by atoms with Gasteiger partial charge in [-0.3, -0.25) is 4.79 Å². The van der Waals surface area contributed by atoms with Crippen molar-refractivity contribution in [2.24, 2.45) is 11.7 Å². The summed E-state index contributed by atoms with van der Waals surface area (Å²) in [7, 11) is 0. The fourth-order valence-electron chi connectivity index (χ4n) is 2.53. The minimum atomic E-state index is -0.0249. The van der Waals surface area contributed by atoms with E-state index in [1.54, 1.807) is 0 Å². The maximum atomic E-state index is 12.3. The monoisotopic (exact) mass is 290 g/mol. The fourth-order valence-corrected chi connectivity index (χ4v) is 2.53. The molecule has 0 spiro atoms. The van der Waals surface area contributed by atoms with E-state index < -0.39 is 0 Å². The van der Waals surface area contributed by atoms with Gasteiger partial charge in [0.25, 0.3) is 0 Å². The molecule has 1 amide bonds. The van der Waals surface area contributed by atoms with Crippen molar-refractivity contribution < 1.29 is 9.53 Å². The van der Waals surface area contributed by atoms with Crippen LogP contribution in [0.5, 0.6) is 0 Å². The minimum Gasteiger partial charge on any atom is -0.371 e. The van der Waals surface area contributed by atoms with E-state index in [1.807, 2.05) is 25.1 Å². The molecule has 1 aromatic carbocycles. The Bertz CT molecular complexity index is 432. The van der Waals surface area contributed by atoms with E-state index in [4.69, 9.17) is 10.5 Å². The average molecular weight is 290 g/mol. The van der Waals surface area contributed by atoms with Gasteiger partial charge in [-0.15, -0.1) is 0 Å². The quantitative estimate of drug-likeness (QED) is 0.539. The first-order chi connectivity index (χ1) is 10.2. The molecular weight excluding hydrogens is 264 g/mol. The van der Waals surface area contributed by atoms with Crippen LogP contribution in [0.2, 0.25) is 0 Å². The third-order valence-electron chi connectivity index (χ3n) is 3.94. The van der Waals surface area contributed by atoms with Gasteiger partial charge in [0.05, 0.1) is 12.6 Å². The first-order valence-corrected chi connectivity index (χ1v) is 7.86. The van der Waals surface area contributed by atoms with E-state index in [0.29, 0.717) is 6.54 Å². The Labute approximate surface area is 127 Å². The molecule has 1 aromatic rings. The number of rotatable bonds is 9. The number of hydrogen-bond acceptors (Lipinski definition) is 3. The summed E-state index contributed by atoms with van der Waals surface area (Å²) in [5, 5.41) is 3.15. The molecule has 1 fully saturated rings. The Morgan fingerprint density at radius 3 is 2.71 bits per heavy atom. The third-order valence-corrected chi connectivity index (χ3v) is 3.94. The van der Waals surface area contributed by atoms with Gasteiger partial charge in [0.2, 0.25) is 5.91 Å². The van der Waals surface area contributed by atoms with E-state index in [1.165, 1.54) is 5.56 Å². The molecule has 3 N–H and O–H groups in total. The SMILES string of the molecule is CC(Cc1ccccc1)C(=O)NC(CCCCN)C1CO1. The van der Waals surface area contributed by atoms with E-state index in [2.05, 4.69) is 17.4 Å². The van der Waals surface area contributed by atoms with Gasteiger partial charge in [-0.25, -0.2) is 0 Å². The summed E-state index contributed by atoms with van der Waals surface area (Å²) in [6, 6.07) is 10.3. The number of epoxide rings is 1. The number of amides is 1. The molecule has 1 aliphatic rings. The normalized spacial score (nSPS) is 19.8. The molecule has 3 atom stereocenters. The Morgan fingerprint density at radius 1 is 1.38 bits per heavy atom. The molecular formula is C17H26N2O2. The summed E-state index contributed by atoms with van der Waals surface area (Å²) >= 11 is 0. The van der Waals surface area contributed by atoms with Gasteiger partial charge in [-0.1, -0.05) is 43.7 Å². The highest BCUT2D eigenvalue weighted by molar-refractivity contribution is 5.79. The van der Waals surface area contributed by atoms with Crippen molar-refractivity contribution in [3.05, 3.63) is 35.9 Å². The zero-order valence-corrected chi connectivity index (χ0v) is 12.8. The Balaban J connectivity index is 1.80. The van der Waals surface area contributed by atoms with Gasteiger partial charge in [-0.05, 0) is 31.4 Å². The summed E-state index contributed by atoms with van der Waals surface area (Å²) < 4.78 is 5.35. The van der Waals surface area contributed by atoms with Crippen molar-refractivity contribution in [2.75, 3.05) is 13.2 Å². The van der Waals surface area contributed by atoms with Crippen LogP contribution in [0.1, 0.15) is 31.7 Å². The van der Waals surface area contributed by atoms with Crippen LogP contribution in [0.25, 0.3) is 0 Å². The second-order valence-electron chi connectivity index (χ2n) is 5.86. The first kappa shape index (κ1) is 16.0. The zero-order valence-electron chi connectivity index (χ0n) is 12.8. The highest BCUT2D eigenvalue weighted by Gasteiger charge is 2.34. The maximum Gasteiger partial charge on any atom is 0.223 e. The summed E-state index contributed by atoms with van der Waals surface area (Å²) in [6.07, 6.45) is 3.96. The molecule has 1 aliphatic heterocycles. The third kappa shape index (κ3) is 5.48. The minimum absolute atomic E-state index is 0.0249. The van der Waals surface area contributed by atoms with E-state index in [9.17, 15) is 4.79 Å². The molecule has 3 unspecified atom stereocenters. The highest BCUT2D eigenvalue weighted by Crippen LogP contribution is 2.19. The summed E-state index contributed by atoms with van der Waals surface area (Å²) in [6.45, 7) is 3.45. The van der Waals surface area contributed by atoms with Crippen LogP contribution >= 0.6 is 0 Å². The van der Waals surface area contributed by atoms with Crippen LogP contribution in [-0.4, -0.2) is 31.2 Å². The van der Waals surface area contributed by atoms with Gasteiger partial charge < -0.3 is 15.8 Å². The lowest BCUT2D eigenvalue weighted by Gasteiger charge is -2.19. The largest absolute Gasteiger partial charge is 0.371 e. The molecule has 116 valence electrons. The van der Waals surface area contributed by atoms with Gasteiger partial charge in [0.15, 0.2) is 0 Å². The zero-order chi connectivity index (χ0) is 15.1. The van der Waals surface area contributed by atoms with Gasteiger partial charge >= 0.3 is 0 Å². The van der Waals surface area contributed by atoms with Crippen LogP contribution in [0.3, 0.4) is 0 Å². The maximum absolute atomic E-state index is 12.3. The van der Waals surface area contributed by atoms with Crippen LogP contribution in [0, 0.1) is 5.92 Å². The second kappa shape index (κ2) is 8.15. The van der Waals surface area contributed by atoms with Crippen LogP contribution in [0.15, 0.2) is 30.3 Å². The number of nitrogens with two attached hydrogens (primary N) is 1. The molecule has 0 saturated carbocycles. The molecule has 4 heteroatoms. The summed E-state index contributed by atoms with van der Waals surface area (Å²) in [4.78, 5) is 12.3. The predicted octanol–water partition coefficient (Wildman–Crippen LogP) is 1.88. The van der Waals surface area contributed by atoms with Crippen LogP contribution < -0.4 is 11.1 Å². The fraction of sp³-hybridized carbons (Fsp3) is 0.588. The van der Waals surface area contributed by atoms with Crippen molar-refractivity contribution in [3.63, 3.8) is 0 Å². The Morgan fingerprint density at radius 2 is 2.10 bits per heavy atom. The number of hydrogen-bond donors (Lipinski definition) is 2. The van der Waals surface area contributed by atoms with E-state index in [-0.39, 0.29) is 24.0 Å². The molecule has 4 nitrogen and oxygen atoms in total. The molecule has 2 rings (SSSR count). The smallest absolute Gasteiger partial charge is 0.223 e. The first-order valence-electron chi connectivity index (χ1n) is 7.86. The topological polar surface area (TPSA) is 67.7 Å². The average Bonchev–Trinajstić information content (AvgIpc) is 3.32. The number of carbonyl (C=O) groups excluding carboxylic acids is 1. The molecule has 1 saturated heterocycles. The number of benzene rings is 1. The summed E-state index contributed by atoms with van der Waals surface area (Å²) in [5.74, 6) is 0.0928. The van der Waals surface area contributed by atoms with Crippen LogP contribution in [0.4, 0.5) is 0 Å². The standard InChI is InChI=1S/C17H26N2O2/c1-13(11-14-7-3-2-4-8-14)17(20)19-15(16-12-21-16)9-5-6-10-18/h2-4,7-8,13,15-16H,5-6,9-12,18H2,1H3,(H,19,20). The van der Waals surface area contributed by atoms with Crippen molar-refractivity contribution in [1.82, 2.24) is 5.32 Å². The van der Waals surface area contributed by atoms with Gasteiger partial charge in [0, 0.05) is 5.92 Å². The lowest BCUT2D eigenvalue weighted by Crippen LogP contribution is -2.42. The van der Waals surface area contributed by atoms with Crippen molar-refractivity contribution in [3.8, 4) is 0 Å². The number of carbonyl (C=O) groups is 1. The predicted molar refractivity (Wildman–Crippen MR) is 83.9 cm³/mol. The number of ether oxygens (including phenoxy) is 1. The molecule has 0 bridgehead atoms. The van der Waals surface area contributed by atoms with Crippen molar-refractivity contribution in [2.45, 2.75) is 44.8 Å². The lowest BCUT2D eigenvalue weighted by molar-refractivity contribution is -0.125. The molecule has 0 radical (unpaired) electrons.